The zero-order valence-corrected chi connectivity index (χ0v) is 12.1. The van der Waals surface area contributed by atoms with Crippen molar-refractivity contribution in [3.05, 3.63) is 51.9 Å². The van der Waals surface area contributed by atoms with E-state index in [-0.39, 0.29) is 59.1 Å². The van der Waals surface area contributed by atoms with Crippen LogP contribution in [-0.4, -0.2) is 11.1 Å². The normalized spacial score (nSPS) is 6.29. The zero-order valence-electron chi connectivity index (χ0n) is 8.08. The van der Waals surface area contributed by atoms with Crippen molar-refractivity contribution in [1.82, 2.24) is 0 Å². The van der Waals surface area contributed by atoms with Crippen LogP contribution < -0.4 is 59.1 Å². The Kier molecular flexibility index (Phi) is 18.2. The third-order valence-corrected chi connectivity index (χ3v) is 1.02. The summed E-state index contributed by atoms with van der Waals surface area (Å²) in [7, 11) is 0. The Morgan fingerprint density at radius 3 is 1.71 bits per heavy atom. The quantitative estimate of drug-likeness (QED) is 0.223. The predicted octanol–water partition coefficient (Wildman–Crippen LogP) is -3.74. The summed E-state index contributed by atoms with van der Waals surface area (Å²) in [6.07, 6.45) is 0. The Balaban J connectivity index is -0.000000218. The first-order valence-corrected chi connectivity index (χ1v) is 2.99. The number of hydrogen-bond acceptors (Lipinski definition) is 1. The molecule has 0 aliphatic rings. The molecule has 0 heterocycles. The topological polar surface area (TPSA) is 96.0 Å². The van der Waals surface area contributed by atoms with Crippen LogP contribution in [0.3, 0.4) is 0 Å². The minimum Gasteiger partial charge on any atom is -0.478 e. The molecule has 1 rings (SSSR count). The second kappa shape index (κ2) is 13.0. The molecule has 0 spiro atoms. The van der Waals surface area contributed by atoms with Crippen LogP contribution >= 0.6 is 0 Å². The Labute approximate surface area is 126 Å². The van der Waals surface area contributed by atoms with E-state index in [1.54, 1.807) is 30.3 Å². The number of rotatable bonds is 1. The van der Waals surface area contributed by atoms with Crippen LogP contribution in [-0.2, 0) is 0 Å². The molecule has 0 bridgehead atoms. The maximum Gasteiger partial charge on any atom is 1.00 e. The van der Waals surface area contributed by atoms with Crippen molar-refractivity contribution < 1.29 is 69.0 Å². The van der Waals surface area contributed by atoms with Crippen LogP contribution in [0.4, 0.5) is 0 Å². The SMILES string of the molecule is O=C(O)c1ccccc1.[N-]=[N+]=[N-].[Na+].[Na+]. The Bertz CT molecular complexity index is 286. The third-order valence-electron chi connectivity index (χ3n) is 1.02. The molecule has 1 aromatic carbocycles. The van der Waals surface area contributed by atoms with Gasteiger partial charge in [-0.2, -0.15) is 0 Å². The summed E-state index contributed by atoms with van der Waals surface area (Å²) in [5.74, 6) is -0.879. The van der Waals surface area contributed by atoms with Crippen molar-refractivity contribution in [2.75, 3.05) is 0 Å². The average Bonchev–Trinajstić information content (AvgIpc) is 2.07. The fourth-order valence-electron chi connectivity index (χ4n) is 0.581. The summed E-state index contributed by atoms with van der Waals surface area (Å²) in [4.78, 5) is 11.7. The van der Waals surface area contributed by atoms with Crippen LogP contribution in [0.1, 0.15) is 10.4 Å². The van der Waals surface area contributed by atoms with Crippen LogP contribution in [0.25, 0.3) is 16.0 Å². The fourth-order valence-corrected chi connectivity index (χ4v) is 0.581. The van der Waals surface area contributed by atoms with Crippen molar-refractivity contribution in [3.8, 4) is 0 Å². The molecule has 0 saturated carbocycles. The smallest absolute Gasteiger partial charge is 0.478 e. The van der Waals surface area contributed by atoms with E-state index in [4.69, 9.17) is 16.2 Å². The molecule has 0 unspecified atom stereocenters. The Hall–Kier alpha value is 0. The van der Waals surface area contributed by atoms with Gasteiger partial charge >= 0.3 is 65.1 Å². The van der Waals surface area contributed by atoms with Gasteiger partial charge in [0.05, 0.1) is 5.56 Å². The minimum atomic E-state index is -0.879. The molecule has 0 aliphatic heterocycles. The molecular weight excluding hydrogens is 204 g/mol. The first-order chi connectivity index (χ1) is 5.72. The fraction of sp³-hybridized carbons (Fsp3) is 0. The largest absolute Gasteiger partial charge is 1.00 e. The van der Waals surface area contributed by atoms with E-state index >= 15 is 0 Å². The summed E-state index contributed by atoms with van der Waals surface area (Å²) in [5.41, 5.74) is 13.8. The monoisotopic (exact) mass is 210 g/mol. The third kappa shape index (κ3) is 10.1. The number of carboxylic acid groups (broad SMARTS) is 1. The predicted molar refractivity (Wildman–Crippen MR) is 43.5 cm³/mol. The van der Waals surface area contributed by atoms with Crippen LogP contribution in [0.5, 0.6) is 0 Å². The summed E-state index contributed by atoms with van der Waals surface area (Å²) in [6.45, 7) is 0. The molecule has 62 valence electrons. The molecular formula is C7H6N3Na2O2+. The molecule has 1 aromatic rings. The van der Waals surface area contributed by atoms with E-state index in [2.05, 4.69) is 0 Å². The Morgan fingerprint density at radius 2 is 1.50 bits per heavy atom. The first-order valence-electron chi connectivity index (χ1n) is 2.99. The van der Waals surface area contributed by atoms with Crippen molar-refractivity contribution in [2.24, 2.45) is 0 Å². The molecule has 0 radical (unpaired) electrons. The molecule has 0 aliphatic carbocycles. The van der Waals surface area contributed by atoms with Crippen molar-refractivity contribution in [2.45, 2.75) is 0 Å². The molecule has 0 saturated heterocycles. The van der Waals surface area contributed by atoms with Gasteiger partial charge in [0.2, 0.25) is 0 Å². The van der Waals surface area contributed by atoms with Gasteiger partial charge in [-0.3, -0.25) is 4.91 Å². The second-order valence-electron chi connectivity index (χ2n) is 1.76. The van der Waals surface area contributed by atoms with Crippen LogP contribution in [0, 0.1) is 0 Å². The summed E-state index contributed by atoms with van der Waals surface area (Å²) >= 11 is 0. The van der Waals surface area contributed by atoms with Gasteiger partial charge in [-0.15, -0.1) is 0 Å². The first kappa shape index (κ1) is 19.6. The van der Waals surface area contributed by atoms with Gasteiger partial charge in [0.15, 0.2) is 0 Å². The summed E-state index contributed by atoms with van der Waals surface area (Å²) < 4.78 is 0. The van der Waals surface area contributed by atoms with E-state index in [0.717, 1.165) is 0 Å². The molecule has 1 N–H and O–H groups in total. The van der Waals surface area contributed by atoms with E-state index in [9.17, 15) is 4.79 Å². The van der Waals surface area contributed by atoms with Gasteiger partial charge in [0, 0.05) is 0 Å². The van der Waals surface area contributed by atoms with Crippen molar-refractivity contribution in [3.63, 3.8) is 0 Å². The summed E-state index contributed by atoms with van der Waals surface area (Å²) in [6, 6.07) is 8.30. The van der Waals surface area contributed by atoms with E-state index < -0.39 is 5.97 Å². The van der Waals surface area contributed by atoms with Gasteiger partial charge in [-0.25, -0.2) is 4.79 Å². The summed E-state index contributed by atoms with van der Waals surface area (Å²) in [5, 5.41) is 8.38. The number of benzene rings is 1. The standard InChI is InChI=1S/C7H6O2.N3.2Na/c8-7(9)6-4-2-1-3-5-6;1-3-2;;/h1-5H,(H,8,9);;;/q;-1;2*+1. The van der Waals surface area contributed by atoms with Gasteiger partial charge in [-0.05, 0) is 12.1 Å². The molecule has 14 heavy (non-hydrogen) atoms. The van der Waals surface area contributed by atoms with Crippen LogP contribution in [0.2, 0.25) is 0 Å². The average molecular weight is 210 g/mol. The maximum absolute atomic E-state index is 10.2. The van der Waals surface area contributed by atoms with E-state index in [1.165, 1.54) is 4.91 Å². The van der Waals surface area contributed by atoms with Gasteiger partial charge < -0.3 is 16.2 Å². The molecule has 7 heteroatoms. The van der Waals surface area contributed by atoms with Gasteiger partial charge in [0.1, 0.15) is 0 Å². The Morgan fingerprint density at radius 1 is 1.14 bits per heavy atom. The number of carbonyl (C=O) groups is 1. The number of aromatic carboxylic acids is 1. The van der Waals surface area contributed by atoms with Gasteiger partial charge in [-0.1, -0.05) is 18.2 Å². The molecule has 0 aromatic heterocycles. The van der Waals surface area contributed by atoms with Crippen molar-refractivity contribution in [1.29, 1.82) is 0 Å². The molecule has 0 fully saturated rings. The number of nitrogens with zero attached hydrogens (tertiary/aromatic N) is 3. The molecule has 0 atom stereocenters. The van der Waals surface area contributed by atoms with E-state index in [1.807, 2.05) is 0 Å². The van der Waals surface area contributed by atoms with Gasteiger partial charge in [0.25, 0.3) is 0 Å². The van der Waals surface area contributed by atoms with Crippen LogP contribution in [0.15, 0.2) is 30.3 Å². The zero-order chi connectivity index (χ0) is 9.40. The minimum absolute atomic E-state index is 0. The second-order valence-corrected chi connectivity index (χ2v) is 1.76. The molecule has 0 amide bonds. The molecule has 5 nitrogen and oxygen atoms in total. The number of carboxylic acids is 1. The van der Waals surface area contributed by atoms with E-state index in [0.29, 0.717) is 5.56 Å². The van der Waals surface area contributed by atoms with Crippen molar-refractivity contribution >= 4 is 5.97 Å². The maximum atomic E-state index is 10.2. The number of hydrogen-bond donors (Lipinski definition) is 1.